The van der Waals surface area contributed by atoms with Gasteiger partial charge in [-0.25, -0.2) is 4.98 Å². The van der Waals surface area contributed by atoms with E-state index in [1.165, 1.54) is 6.92 Å². The minimum absolute atomic E-state index is 0. The lowest BCUT2D eigenvalue weighted by Crippen LogP contribution is -2.25. The number of hydrogen-bond acceptors (Lipinski definition) is 4. The molecule has 1 heterocycles. The van der Waals surface area contributed by atoms with Crippen molar-refractivity contribution in [1.82, 2.24) is 9.55 Å². The van der Waals surface area contributed by atoms with Crippen LogP contribution in [0.3, 0.4) is 0 Å². The molecule has 4 aromatic rings. The summed E-state index contributed by atoms with van der Waals surface area (Å²) in [5.74, 6) is 1.32. The van der Waals surface area contributed by atoms with Gasteiger partial charge in [-0.1, -0.05) is 54.6 Å². The first-order valence-corrected chi connectivity index (χ1v) is 10.0. The van der Waals surface area contributed by atoms with Crippen molar-refractivity contribution in [3.8, 4) is 5.75 Å². The van der Waals surface area contributed by atoms with Crippen molar-refractivity contribution in [3.63, 3.8) is 0 Å². The van der Waals surface area contributed by atoms with Crippen molar-refractivity contribution in [2.24, 2.45) is 0 Å². The van der Waals surface area contributed by atoms with E-state index < -0.39 is 6.10 Å². The Morgan fingerprint density at radius 3 is 2.45 bits per heavy atom. The number of Topliss-reactive ketones (excluding diaryl/α,β-unsaturated/α-hetero) is 1. The number of hydrogen-bond donors (Lipinski definition) is 1. The van der Waals surface area contributed by atoms with Gasteiger partial charge in [-0.3, -0.25) is 4.79 Å². The van der Waals surface area contributed by atoms with Gasteiger partial charge < -0.3 is 14.4 Å². The standard InChI is InChI=1S/C25H24N2O3.ClH/c1-18(28)21-11-5-8-14-24(21)30-17-20(29)16-27-23-13-7-6-12-22(23)26-25(27)15-19-9-3-2-4-10-19;/h2-14,20,29H,15-17H2,1H3;1H. The Bertz CT molecular complexity index is 1160. The topological polar surface area (TPSA) is 64.3 Å². The molecule has 4 rings (SSSR count). The Balaban J connectivity index is 0.00000272. The Labute approximate surface area is 187 Å². The molecule has 0 aliphatic heterocycles. The van der Waals surface area contributed by atoms with E-state index in [4.69, 9.17) is 9.72 Å². The molecule has 1 unspecified atom stereocenters. The van der Waals surface area contributed by atoms with Crippen LogP contribution in [0.4, 0.5) is 0 Å². The SMILES string of the molecule is CC(=O)c1ccccc1OCC(O)Cn1c(Cc2ccccc2)nc2ccccc21.Cl. The third-order valence-corrected chi connectivity index (χ3v) is 5.03. The number of rotatable bonds is 8. The van der Waals surface area contributed by atoms with Crippen LogP contribution >= 0.6 is 12.4 Å². The van der Waals surface area contributed by atoms with Crippen molar-refractivity contribution in [1.29, 1.82) is 0 Å². The number of carbonyl (C=O) groups excluding carboxylic acids is 1. The van der Waals surface area contributed by atoms with Crippen molar-refractivity contribution < 1.29 is 14.6 Å². The van der Waals surface area contributed by atoms with Crippen molar-refractivity contribution in [3.05, 3.63) is 95.8 Å². The molecule has 0 aliphatic carbocycles. The first-order valence-electron chi connectivity index (χ1n) is 10.0. The van der Waals surface area contributed by atoms with E-state index in [2.05, 4.69) is 12.1 Å². The number of aromatic nitrogens is 2. The summed E-state index contributed by atoms with van der Waals surface area (Å²) in [5.41, 5.74) is 3.56. The predicted molar refractivity (Wildman–Crippen MR) is 124 cm³/mol. The highest BCUT2D eigenvalue weighted by Crippen LogP contribution is 2.21. The molecule has 0 fully saturated rings. The monoisotopic (exact) mass is 436 g/mol. The number of fused-ring (bicyclic) bond motifs is 1. The minimum atomic E-state index is -0.753. The van der Waals surface area contributed by atoms with Gasteiger partial charge in [0.1, 0.15) is 24.3 Å². The lowest BCUT2D eigenvalue weighted by atomic mass is 10.1. The van der Waals surface area contributed by atoms with Crippen LogP contribution in [0, 0.1) is 0 Å². The van der Waals surface area contributed by atoms with Gasteiger partial charge in [0, 0.05) is 6.42 Å². The van der Waals surface area contributed by atoms with E-state index >= 15 is 0 Å². The zero-order chi connectivity index (χ0) is 20.9. The Kier molecular flexibility index (Phi) is 7.45. The van der Waals surface area contributed by atoms with E-state index in [1.54, 1.807) is 18.2 Å². The van der Waals surface area contributed by atoms with Gasteiger partial charge in [0.05, 0.1) is 23.1 Å². The van der Waals surface area contributed by atoms with Gasteiger partial charge in [0.15, 0.2) is 5.78 Å². The zero-order valence-electron chi connectivity index (χ0n) is 17.3. The second-order valence-electron chi connectivity index (χ2n) is 7.31. The van der Waals surface area contributed by atoms with Crippen LogP contribution in [0.1, 0.15) is 28.7 Å². The molecule has 5 nitrogen and oxygen atoms in total. The quantitative estimate of drug-likeness (QED) is 0.407. The molecular weight excluding hydrogens is 412 g/mol. The number of aliphatic hydroxyl groups is 1. The van der Waals surface area contributed by atoms with Crippen molar-refractivity contribution in [2.75, 3.05) is 6.61 Å². The summed E-state index contributed by atoms with van der Waals surface area (Å²) in [6.45, 7) is 1.94. The largest absolute Gasteiger partial charge is 0.490 e. The molecule has 0 spiro atoms. The van der Waals surface area contributed by atoms with Crippen LogP contribution in [-0.2, 0) is 13.0 Å². The predicted octanol–water partition coefficient (Wildman–Crippen LogP) is 4.69. The van der Waals surface area contributed by atoms with Crippen LogP contribution in [0.5, 0.6) is 5.75 Å². The summed E-state index contributed by atoms with van der Waals surface area (Å²) >= 11 is 0. The molecule has 0 radical (unpaired) electrons. The third-order valence-electron chi connectivity index (χ3n) is 5.03. The van der Waals surface area contributed by atoms with Crippen LogP contribution in [0.2, 0.25) is 0 Å². The van der Waals surface area contributed by atoms with E-state index in [9.17, 15) is 9.90 Å². The Morgan fingerprint density at radius 1 is 1.00 bits per heavy atom. The molecule has 0 saturated heterocycles. The molecular formula is C25H25ClN2O3. The van der Waals surface area contributed by atoms with Crippen LogP contribution in [0.25, 0.3) is 11.0 Å². The summed E-state index contributed by atoms with van der Waals surface area (Å²) in [7, 11) is 0. The van der Waals surface area contributed by atoms with E-state index in [1.807, 2.05) is 53.1 Å². The van der Waals surface area contributed by atoms with Gasteiger partial charge in [0.2, 0.25) is 0 Å². The molecule has 1 aromatic heterocycles. The van der Waals surface area contributed by atoms with Crippen molar-refractivity contribution in [2.45, 2.75) is 26.0 Å². The zero-order valence-corrected chi connectivity index (χ0v) is 18.1. The smallest absolute Gasteiger partial charge is 0.163 e. The number of carbonyl (C=O) groups is 1. The van der Waals surface area contributed by atoms with Gasteiger partial charge in [-0.15, -0.1) is 12.4 Å². The number of nitrogens with zero attached hydrogens (tertiary/aromatic N) is 2. The summed E-state index contributed by atoms with van der Waals surface area (Å²) in [4.78, 5) is 16.6. The number of benzene rings is 3. The number of para-hydroxylation sites is 3. The van der Waals surface area contributed by atoms with Gasteiger partial charge in [-0.05, 0) is 36.8 Å². The highest BCUT2D eigenvalue weighted by Gasteiger charge is 2.16. The average Bonchev–Trinajstić information content (AvgIpc) is 3.10. The molecule has 0 amide bonds. The highest BCUT2D eigenvalue weighted by atomic mass is 35.5. The fourth-order valence-electron chi connectivity index (χ4n) is 3.58. The highest BCUT2D eigenvalue weighted by molar-refractivity contribution is 5.96. The summed E-state index contributed by atoms with van der Waals surface area (Å²) in [5, 5.41) is 10.7. The first kappa shape index (κ1) is 22.5. The van der Waals surface area contributed by atoms with Crippen LogP contribution < -0.4 is 4.74 Å². The van der Waals surface area contributed by atoms with E-state index in [-0.39, 0.29) is 24.8 Å². The van der Waals surface area contributed by atoms with E-state index in [0.717, 1.165) is 22.4 Å². The maximum absolute atomic E-state index is 11.8. The fraction of sp³-hybridized carbons (Fsp3) is 0.200. The summed E-state index contributed by atoms with van der Waals surface area (Å²) < 4.78 is 7.82. The van der Waals surface area contributed by atoms with Crippen LogP contribution in [0.15, 0.2) is 78.9 Å². The summed E-state index contributed by atoms with van der Waals surface area (Å²) in [6.07, 6.45) is -0.0758. The molecule has 160 valence electrons. The molecule has 0 aliphatic rings. The normalized spacial score (nSPS) is 11.7. The first-order chi connectivity index (χ1) is 14.6. The molecule has 1 N–H and O–H groups in total. The van der Waals surface area contributed by atoms with E-state index in [0.29, 0.717) is 24.3 Å². The lowest BCUT2D eigenvalue weighted by molar-refractivity contribution is 0.0899. The second-order valence-corrected chi connectivity index (χ2v) is 7.31. The number of imidazole rings is 1. The van der Waals surface area contributed by atoms with Gasteiger partial charge >= 0.3 is 0 Å². The number of aliphatic hydroxyl groups excluding tert-OH is 1. The minimum Gasteiger partial charge on any atom is -0.490 e. The fourth-order valence-corrected chi connectivity index (χ4v) is 3.58. The summed E-state index contributed by atoms with van der Waals surface area (Å²) in [6, 6.07) is 25.2. The number of ether oxygens (including phenoxy) is 1. The molecule has 3 aromatic carbocycles. The maximum atomic E-state index is 11.8. The number of halogens is 1. The van der Waals surface area contributed by atoms with Gasteiger partial charge in [-0.2, -0.15) is 0 Å². The van der Waals surface area contributed by atoms with Gasteiger partial charge in [0.25, 0.3) is 0 Å². The molecule has 0 saturated carbocycles. The maximum Gasteiger partial charge on any atom is 0.163 e. The molecule has 6 heteroatoms. The molecule has 0 bridgehead atoms. The Morgan fingerprint density at radius 2 is 1.68 bits per heavy atom. The number of ketones is 1. The molecule has 31 heavy (non-hydrogen) atoms. The third kappa shape index (κ3) is 5.32. The average molecular weight is 437 g/mol. The van der Waals surface area contributed by atoms with Crippen molar-refractivity contribution >= 4 is 29.2 Å². The molecule has 1 atom stereocenters. The Hall–Kier alpha value is -3.15. The lowest BCUT2D eigenvalue weighted by Gasteiger charge is -2.17. The second kappa shape index (κ2) is 10.2. The van der Waals surface area contributed by atoms with Crippen LogP contribution in [-0.4, -0.2) is 33.2 Å².